The summed E-state index contributed by atoms with van der Waals surface area (Å²) in [6, 6.07) is 0. The predicted molar refractivity (Wildman–Crippen MR) is 47.9 cm³/mol. The molecule has 0 heterocycles. The van der Waals surface area contributed by atoms with E-state index in [0.29, 0.717) is 12.8 Å². The lowest BCUT2D eigenvalue weighted by atomic mass is 9.99. The highest BCUT2D eigenvalue weighted by Crippen LogP contribution is 2.26. The van der Waals surface area contributed by atoms with Crippen molar-refractivity contribution in [3.8, 4) is 0 Å². The van der Waals surface area contributed by atoms with Gasteiger partial charge in [0.05, 0.1) is 6.10 Å². The number of hydrogen-bond acceptors (Lipinski definition) is 2. The first-order valence-corrected chi connectivity index (χ1v) is 4.94. The summed E-state index contributed by atoms with van der Waals surface area (Å²) in [5.74, 6) is 0.449. The molecular formula is C10H18O2. The summed E-state index contributed by atoms with van der Waals surface area (Å²) >= 11 is 0. The van der Waals surface area contributed by atoms with E-state index < -0.39 is 0 Å². The van der Waals surface area contributed by atoms with Crippen molar-refractivity contribution in [2.45, 2.75) is 51.6 Å². The molecule has 2 unspecified atom stereocenters. The Labute approximate surface area is 74.0 Å². The Balaban J connectivity index is 2.19. The highest BCUT2D eigenvalue weighted by atomic mass is 16.3. The van der Waals surface area contributed by atoms with E-state index in [4.69, 9.17) is 0 Å². The molecule has 12 heavy (non-hydrogen) atoms. The quantitative estimate of drug-likeness (QED) is 0.654. The van der Waals surface area contributed by atoms with Gasteiger partial charge in [0.1, 0.15) is 5.78 Å². The monoisotopic (exact) mass is 170 g/mol. The molecular weight excluding hydrogens is 152 g/mol. The maximum Gasteiger partial charge on any atom is 0.138 e. The molecule has 2 heteroatoms. The number of unbranched alkanes of at least 4 members (excludes halogenated alkanes) is 2. The van der Waals surface area contributed by atoms with Gasteiger partial charge in [0, 0.05) is 12.3 Å². The molecule has 0 aromatic rings. The maximum atomic E-state index is 11.2. The highest BCUT2D eigenvalue weighted by molar-refractivity contribution is 5.83. The Morgan fingerprint density at radius 1 is 1.50 bits per heavy atom. The summed E-state index contributed by atoms with van der Waals surface area (Å²) in [6.45, 7) is 2.16. The predicted octanol–water partition coefficient (Wildman–Crippen LogP) is 1.91. The number of aliphatic hydroxyl groups excluding tert-OH is 1. The Morgan fingerprint density at radius 2 is 2.25 bits per heavy atom. The van der Waals surface area contributed by atoms with Crippen LogP contribution in [0.25, 0.3) is 0 Å². The summed E-state index contributed by atoms with van der Waals surface area (Å²) in [6.07, 6.45) is 5.30. The van der Waals surface area contributed by atoms with Crippen LogP contribution in [0.4, 0.5) is 0 Å². The van der Waals surface area contributed by atoms with Gasteiger partial charge in [0.15, 0.2) is 0 Å². The van der Waals surface area contributed by atoms with E-state index >= 15 is 0 Å². The van der Waals surface area contributed by atoms with Crippen LogP contribution in [0.2, 0.25) is 0 Å². The molecule has 1 fully saturated rings. The molecule has 1 rings (SSSR count). The minimum Gasteiger partial charge on any atom is -0.393 e. The minimum atomic E-state index is -0.343. The largest absolute Gasteiger partial charge is 0.393 e. The third-order valence-corrected chi connectivity index (χ3v) is 2.60. The standard InChI is InChI=1S/C10H18O2/c1-2-3-4-5-8-6-9(11)7-10(8)12/h8-9,11H,2-7H2,1H3. The third kappa shape index (κ3) is 2.59. The van der Waals surface area contributed by atoms with Crippen LogP contribution in [0.1, 0.15) is 45.4 Å². The second-order valence-electron chi connectivity index (χ2n) is 3.75. The van der Waals surface area contributed by atoms with E-state index in [1.165, 1.54) is 12.8 Å². The van der Waals surface area contributed by atoms with Crippen molar-refractivity contribution in [2.24, 2.45) is 5.92 Å². The Morgan fingerprint density at radius 3 is 2.75 bits per heavy atom. The van der Waals surface area contributed by atoms with Crippen LogP contribution in [-0.2, 0) is 4.79 Å². The van der Waals surface area contributed by atoms with E-state index in [-0.39, 0.29) is 17.8 Å². The fourth-order valence-corrected chi connectivity index (χ4v) is 1.86. The van der Waals surface area contributed by atoms with Crippen molar-refractivity contribution in [2.75, 3.05) is 0 Å². The van der Waals surface area contributed by atoms with Crippen molar-refractivity contribution < 1.29 is 9.90 Å². The lowest BCUT2D eigenvalue weighted by Gasteiger charge is -2.05. The smallest absolute Gasteiger partial charge is 0.138 e. The van der Waals surface area contributed by atoms with Gasteiger partial charge in [-0.05, 0) is 12.8 Å². The summed E-state index contributed by atoms with van der Waals surface area (Å²) in [4.78, 5) is 11.2. The van der Waals surface area contributed by atoms with Gasteiger partial charge < -0.3 is 5.11 Å². The van der Waals surface area contributed by atoms with Gasteiger partial charge in [-0.2, -0.15) is 0 Å². The van der Waals surface area contributed by atoms with Crippen molar-refractivity contribution in [1.29, 1.82) is 0 Å². The molecule has 1 saturated carbocycles. The number of carbonyl (C=O) groups is 1. The molecule has 0 aliphatic heterocycles. The summed E-state index contributed by atoms with van der Waals surface area (Å²) in [5, 5.41) is 9.21. The fraction of sp³-hybridized carbons (Fsp3) is 0.900. The van der Waals surface area contributed by atoms with E-state index in [9.17, 15) is 9.90 Å². The molecule has 0 spiro atoms. The fourth-order valence-electron chi connectivity index (χ4n) is 1.86. The molecule has 2 nitrogen and oxygen atoms in total. The zero-order chi connectivity index (χ0) is 8.97. The first kappa shape index (κ1) is 9.72. The van der Waals surface area contributed by atoms with E-state index in [1.54, 1.807) is 0 Å². The van der Waals surface area contributed by atoms with Crippen LogP contribution in [0, 0.1) is 5.92 Å². The normalized spacial score (nSPS) is 29.7. The SMILES string of the molecule is CCCCCC1CC(O)CC1=O. The third-order valence-electron chi connectivity index (χ3n) is 2.60. The Kier molecular flexibility index (Phi) is 3.73. The van der Waals surface area contributed by atoms with Gasteiger partial charge >= 0.3 is 0 Å². The number of aliphatic hydroxyl groups is 1. The van der Waals surface area contributed by atoms with E-state index in [1.807, 2.05) is 0 Å². The number of ketones is 1. The van der Waals surface area contributed by atoms with Crippen LogP contribution in [-0.4, -0.2) is 17.0 Å². The molecule has 1 aliphatic carbocycles. The molecule has 0 aromatic heterocycles. The Bertz CT molecular complexity index is 154. The van der Waals surface area contributed by atoms with E-state index in [2.05, 4.69) is 6.92 Å². The molecule has 1 N–H and O–H groups in total. The average Bonchev–Trinajstić information content (AvgIpc) is 2.31. The van der Waals surface area contributed by atoms with Gasteiger partial charge in [-0.15, -0.1) is 0 Å². The second-order valence-corrected chi connectivity index (χ2v) is 3.75. The van der Waals surface area contributed by atoms with Crippen LogP contribution in [0.5, 0.6) is 0 Å². The average molecular weight is 170 g/mol. The van der Waals surface area contributed by atoms with Gasteiger partial charge in [-0.3, -0.25) is 4.79 Å². The maximum absolute atomic E-state index is 11.2. The lowest BCUT2D eigenvalue weighted by molar-refractivity contribution is -0.121. The first-order valence-electron chi connectivity index (χ1n) is 4.94. The number of rotatable bonds is 4. The van der Waals surface area contributed by atoms with Gasteiger partial charge in [0.2, 0.25) is 0 Å². The lowest BCUT2D eigenvalue weighted by Crippen LogP contribution is -2.05. The molecule has 0 aromatic carbocycles. The van der Waals surface area contributed by atoms with Crippen LogP contribution in [0.3, 0.4) is 0 Å². The topological polar surface area (TPSA) is 37.3 Å². The van der Waals surface area contributed by atoms with E-state index in [0.717, 1.165) is 12.8 Å². The van der Waals surface area contributed by atoms with Crippen LogP contribution in [0.15, 0.2) is 0 Å². The molecule has 0 saturated heterocycles. The number of Topliss-reactive ketones (excluding diaryl/α,β-unsaturated/α-hetero) is 1. The zero-order valence-corrected chi connectivity index (χ0v) is 7.75. The first-order chi connectivity index (χ1) is 5.74. The molecule has 0 bridgehead atoms. The van der Waals surface area contributed by atoms with Crippen molar-refractivity contribution >= 4 is 5.78 Å². The molecule has 2 atom stereocenters. The molecule has 70 valence electrons. The number of hydrogen-bond donors (Lipinski definition) is 1. The van der Waals surface area contributed by atoms with Crippen molar-refractivity contribution in [3.63, 3.8) is 0 Å². The zero-order valence-electron chi connectivity index (χ0n) is 7.75. The molecule has 0 amide bonds. The second kappa shape index (κ2) is 4.61. The molecule has 0 radical (unpaired) electrons. The minimum absolute atomic E-state index is 0.173. The summed E-state index contributed by atoms with van der Waals surface area (Å²) < 4.78 is 0. The number of carbonyl (C=O) groups excluding carboxylic acids is 1. The summed E-state index contributed by atoms with van der Waals surface area (Å²) in [5.41, 5.74) is 0. The van der Waals surface area contributed by atoms with Gasteiger partial charge in [0.25, 0.3) is 0 Å². The van der Waals surface area contributed by atoms with Gasteiger partial charge in [-0.25, -0.2) is 0 Å². The highest BCUT2D eigenvalue weighted by Gasteiger charge is 2.30. The Hall–Kier alpha value is -0.370. The summed E-state index contributed by atoms with van der Waals surface area (Å²) in [7, 11) is 0. The molecule has 1 aliphatic rings. The van der Waals surface area contributed by atoms with Crippen molar-refractivity contribution in [3.05, 3.63) is 0 Å². The van der Waals surface area contributed by atoms with Crippen molar-refractivity contribution in [1.82, 2.24) is 0 Å². The van der Waals surface area contributed by atoms with Crippen LogP contribution < -0.4 is 0 Å². The van der Waals surface area contributed by atoms with Crippen LogP contribution >= 0.6 is 0 Å². The van der Waals surface area contributed by atoms with Gasteiger partial charge in [-0.1, -0.05) is 26.2 Å².